The number of nitrogens with one attached hydrogen (secondary N) is 1. The summed E-state index contributed by atoms with van der Waals surface area (Å²) in [6.07, 6.45) is 1.87. The molecule has 0 amide bonds. The molecule has 0 fully saturated rings. The fourth-order valence-corrected chi connectivity index (χ4v) is 1.74. The van der Waals surface area contributed by atoms with Crippen LogP contribution in [0.5, 0.6) is 0 Å². The van der Waals surface area contributed by atoms with Crippen LogP contribution < -0.4 is 0 Å². The molecule has 0 saturated carbocycles. The highest BCUT2D eigenvalue weighted by Crippen LogP contribution is 2.12. The Labute approximate surface area is 105 Å². The van der Waals surface area contributed by atoms with Crippen LogP contribution in [-0.2, 0) is 0 Å². The van der Waals surface area contributed by atoms with E-state index < -0.39 is 0 Å². The number of H-pyrrole nitrogens is 1. The minimum absolute atomic E-state index is 0.243. The van der Waals surface area contributed by atoms with Crippen molar-refractivity contribution in [2.45, 2.75) is 19.8 Å². The maximum absolute atomic E-state index is 5.07. The van der Waals surface area contributed by atoms with Crippen LogP contribution in [0, 0.1) is 11.7 Å². The summed E-state index contributed by atoms with van der Waals surface area (Å²) in [5.41, 5.74) is 1.23. The molecule has 2 aromatic rings. The van der Waals surface area contributed by atoms with Gasteiger partial charge in [0, 0.05) is 12.1 Å². The first-order chi connectivity index (χ1) is 8.18. The molecule has 0 saturated heterocycles. The van der Waals surface area contributed by atoms with Crippen molar-refractivity contribution in [3.63, 3.8) is 0 Å². The lowest BCUT2D eigenvalue weighted by atomic mass is 10.0. The van der Waals surface area contributed by atoms with E-state index in [0.717, 1.165) is 5.82 Å². The first-order valence-corrected chi connectivity index (χ1v) is 5.83. The standard InChI is InChI=1S/C12H14N4S/c1-9(11-6-4-3-5-7-11)8-13-16-10(2)14-15-12(16)17/h3-9H,1-2H3,(H,15,17)/b13-8-/t9-/m1/s1. The van der Waals surface area contributed by atoms with Gasteiger partial charge in [0.25, 0.3) is 0 Å². The Morgan fingerprint density at radius 2 is 2.12 bits per heavy atom. The Bertz CT molecular complexity index is 568. The molecule has 0 radical (unpaired) electrons. The molecule has 88 valence electrons. The first kappa shape index (κ1) is 11.7. The highest BCUT2D eigenvalue weighted by molar-refractivity contribution is 7.71. The molecule has 1 atom stereocenters. The molecular weight excluding hydrogens is 232 g/mol. The van der Waals surface area contributed by atoms with E-state index in [1.807, 2.05) is 31.3 Å². The molecule has 0 unspecified atom stereocenters. The van der Waals surface area contributed by atoms with Gasteiger partial charge in [0.2, 0.25) is 4.77 Å². The lowest BCUT2D eigenvalue weighted by Gasteiger charge is -2.05. The Kier molecular flexibility index (Phi) is 3.49. The van der Waals surface area contributed by atoms with Crippen LogP contribution in [-0.4, -0.2) is 21.1 Å². The number of rotatable bonds is 3. The Morgan fingerprint density at radius 3 is 2.71 bits per heavy atom. The molecule has 2 rings (SSSR count). The highest BCUT2D eigenvalue weighted by atomic mass is 32.1. The summed E-state index contributed by atoms with van der Waals surface area (Å²) in [4.78, 5) is 0. The van der Waals surface area contributed by atoms with E-state index >= 15 is 0 Å². The second-order valence-corrected chi connectivity index (χ2v) is 4.24. The predicted octanol–water partition coefficient (Wildman–Crippen LogP) is 2.89. The average molecular weight is 246 g/mol. The van der Waals surface area contributed by atoms with Crippen LogP contribution in [0.4, 0.5) is 0 Å². The van der Waals surface area contributed by atoms with Gasteiger partial charge in [-0.25, -0.2) is 0 Å². The van der Waals surface area contributed by atoms with Gasteiger partial charge >= 0.3 is 0 Å². The first-order valence-electron chi connectivity index (χ1n) is 5.42. The van der Waals surface area contributed by atoms with Gasteiger partial charge in [-0.15, -0.1) is 0 Å². The van der Waals surface area contributed by atoms with Gasteiger partial charge in [-0.2, -0.15) is 14.9 Å². The largest absolute Gasteiger partial charge is 0.250 e. The van der Waals surface area contributed by atoms with Crippen molar-refractivity contribution in [3.8, 4) is 0 Å². The van der Waals surface area contributed by atoms with Crippen LogP contribution in [0.25, 0.3) is 0 Å². The van der Waals surface area contributed by atoms with Crippen LogP contribution in [0.2, 0.25) is 0 Å². The molecule has 0 aliphatic carbocycles. The molecule has 5 heteroatoms. The molecule has 1 aromatic heterocycles. The SMILES string of the molecule is Cc1n[nH]c(=S)n1/N=C\[C@@H](C)c1ccccc1. The van der Waals surface area contributed by atoms with E-state index in [1.165, 1.54) is 5.56 Å². The van der Waals surface area contributed by atoms with Gasteiger partial charge in [0.15, 0.2) is 0 Å². The molecule has 0 bridgehead atoms. The fourth-order valence-electron chi connectivity index (χ4n) is 1.52. The zero-order valence-corrected chi connectivity index (χ0v) is 10.6. The third-order valence-electron chi connectivity index (χ3n) is 2.54. The normalized spacial score (nSPS) is 13.1. The molecule has 0 aliphatic rings. The number of aryl methyl sites for hydroxylation is 1. The minimum atomic E-state index is 0.243. The maximum atomic E-state index is 5.07. The van der Waals surface area contributed by atoms with Crippen LogP contribution in [0.15, 0.2) is 35.4 Å². The maximum Gasteiger partial charge on any atom is 0.216 e. The highest BCUT2D eigenvalue weighted by Gasteiger charge is 2.02. The smallest absolute Gasteiger partial charge is 0.216 e. The summed E-state index contributed by atoms with van der Waals surface area (Å²) >= 11 is 5.07. The summed E-state index contributed by atoms with van der Waals surface area (Å²) in [5, 5.41) is 11.0. The number of aromatic nitrogens is 3. The Hall–Kier alpha value is -1.75. The number of aromatic amines is 1. The third-order valence-corrected chi connectivity index (χ3v) is 2.81. The summed E-state index contributed by atoms with van der Waals surface area (Å²) in [7, 11) is 0. The quantitative estimate of drug-likeness (QED) is 0.668. The van der Waals surface area contributed by atoms with E-state index in [2.05, 4.69) is 34.4 Å². The van der Waals surface area contributed by atoms with Crippen molar-refractivity contribution >= 4 is 18.4 Å². The minimum Gasteiger partial charge on any atom is -0.250 e. The molecule has 1 N–H and O–H groups in total. The Morgan fingerprint density at radius 1 is 1.41 bits per heavy atom. The van der Waals surface area contributed by atoms with Gasteiger partial charge in [-0.3, -0.25) is 5.10 Å². The zero-order chi connectivity index (χ0) is 12.3. The summed E-state index contributed by atoms with van der Waals surface area (Å²) < 4.78 is 2.13. The van der Waals surface area contributed by atoms with E-state index in [4.69, 9.17) is 12.2 Å². The predicted molar refractivity (Wildman–Crippen MR) is 70.9 cm³/mol. The second kappa shape index (κ2) is 5.05. The van der Waals surface area contributed by atoms with E-state index in [0.29, 0.717) is 4.77 Å². The molecule has 1 aromatic carbocycles. The monoisotopic (exact) mass is 246 g/mol. The van der Waals surface area contributed by atoms with Crippen molar-refractivity contribution in [1.82, 2.24) is 14.9 Å². The number of hydrogen-bond acceptors (Lipinski definition) is 3. The lowest BCUT2D eigenvalue weighted by Crippen LogP contribution is -1.99. The van der Waals surface area contributed by atoms with Crippen molar-refractivity contribution in [2.24, 2.45) is 5.10 Å². The van der Waals surface area contributed by atoms with Crippen LogP contribution in [0.3, 0.4) is 0 Å². The average Bonchev–Trinajstić information content (AvgIpc) is 2.67. The van der Waals surface area contributed by atoms with Crippen molar-refractivity contribution < 1.29 is 0 Å². The number of nitrogens with zero attached hydrogens (tertiary/aromatic N) is 3. The van der Waals surface area contributed by atoms with Crippen LogP contribution in [0.1, 0.15) is 24.2 Å². The topological polar surface area (TPSA) is 46.0 Å². The van der Waals surface area contributed by atoms with E-state index in [9.17, 15) is 0 Å². The van der Waals surface area contributed by atoms with Gasteiger partial charge < -0.3 is 0 Å². The molecule has 1 heterocycles. The van der Waals surface area contributed by atoms with Gasteiger partial charge in [0.1, 0.15) is 5.82 Å². The third kappa shape index (κ3) is 2.68. The van der Waals surface area contributed by atoms with Crippen molar-refractivity contribution in [2.75, 3.05) is 0 Å². The summed E-state index contributed by atoms with van der Waals surface area (Å²) in [6.45, 7) is 3.95. The van der Waals surface area contributed by atoms with Crippen LogP contribution >= 0.6 is 12.2 Å². The van der Waals surface area contributed by atoms with Gasteiger partial charge in [0.05, 0.1) is 0 Å². The molecule has 0 aliphatic heterocycles. The van der Waals surface area contributed by atoms with E-state index in [-0.39, 0.29) is 5.92 Å². The molecule has 4 nitrogen and oxygen atoms in total. The Balaban J connectivity index is 2.20. The lowest BCUT2D eigenvalue weighted by molar-refractivity contribution is 0.810. The molecular formula is C12H14N4S. The van der Waals surface area contributed by atoms with Gasteiger partial charge in [-0.1, -0.05) is 37.3 Å². The summed E-state index contributed by atoms with van der Waals surface area (Å²) in [6, 6.07) is 10.2. The second-order valence-electron chi connectivity index (χ2n) is 3.85. The van der Waals surface area contributed by atoms with Crippen molar-refractivity contribution in [1.29, 1.82) is 0 Å². The van der Waals surface area contributed by atoms with Gasteiger partial charge in [-0.05, 0) is 24.7 Å². The van der Waals surface area contributed by atoms with Crippen molar-refractivity contribution in [3.05, 3.63) is 46.5 Å². The van der Waals surface area contributed by atoms with E-state index in [1.54, 1.807) is 4.68 Å². The number of hydrogen-bond donors (Lipinski definition) is 1. The zero-order valence-electron chi connectivity index (χ0n) is 9.79. The fraction of sp³-hybridized carbons (Fsp3) is 0.250. The molecule has 17 heavy (non-hydrogen) atoms. The molecule has 0 spiro atoms. The number of benzene rings is 1. The summed E-state index contributed by atoms with van der Waals surface area (Å²) in [5.74, 6) is 0.999.